The lowest BCUT2D eigenvalue weighted by atomic mass is 9.50. The summed E-state index contributed by atoms with van der Waals surface area (Å²) in [5.41, 5.74) is 10.7. The SMILES string of the molecule is C=C[C@@H]1CC2C3CCC4=CC(=O)CCC4=C3[C@@H](c3ccc(-n4ccnc4)cc3)C[C@]2(C)C1C(C)=O.C=C[C@@H]1CC2C3CC[C@@]4(O)CC5(CCC4=C3[C@@H](c3ccc(-n4ccnc4)cc3)C[C@]2(C)C1C(C)=O)OCCO5.[H+]. The van der Waals surface area contributed by atoms with Crippen molar-refractivity contribution in [3.63, 3.8) is 0 Å². The number of hydrogen-bond acceptors (Lipinski definition) is 8. The Morgan fingerprint density at radius 1 is 0.716 bits per heavy atom. The molecule has 386 valence electrons. The van der Waals surface area contributed by atoms with Gasteiger partial charge in [-0.15, -0.1) is 13.2 Å². The molecule has 2 aromatic heterocycles. The third-order valence-electron chi connectivity index (χ3n) is 20.8. The Balaban J connectivity index is 0.000000159. The van der Waals surface area contributed by atoms with Gasteiger partial charge in [0.1, 0.15) is 11.6 Å². The van der Waals surface area contributed by atoms with Crippen LogP contribution in [0.4, 0.5) is 0 Å². The van der Waals surface area contributed by atoms with Gasteiger partial charge in [0.15, 0.2) is 11.6 Å². The van der Waals surface area contributed by atoms with Crippen LogP contribution in [0.25, 0.3) is 11.4 Å². The molecule has 13 rings (SSSR count). The van der Waals surface area contributed by atoms with Gasteiger partial charge in [0.25, 0.3) is 0 Å². The van der Waals surface area contributed by atoms with Gasteiger partial charge in [-0.3, -0.25) is 14.4 Å². The fraction of sp³-hybridized carbons (Fsp3) is 0.516. The van der Waals surface area contributed by atoms with Crippen LogP contribution < -0.4 is 0 Å². The smallest absolute Gasteiger partial charge is 0.385 e. The number of allylic oxidation sites excluding steroid dienone is 7. The Hall–Kier alpha value is -5.55. The number of carbonyl (C=O) groups excluding carboxylic acids is 3. The summed E-state index contributed by atoms with van der Waals surface area (Å²) in [6.45, 7) is 17.8. The first kappa shape index (κ1) is 49.3. The van der Waals surface area contributed by atoms with E-state index in [0.29, 0.717) is 55.5 Å². The van der Waals surface area contributed by atoms with Crippen LogP contribution in [0.15, 0.2) is 145 Å². The van der Waals surface area contributed by atoms with Crippen molar-refractivity contribution in [1.29, 1.82) is 0 Å². The molecule has 2 aromatic carbocycles. The fourth-order valence-corrected chi connectivity index (χ4v) is 18.0. The zero-order valence-electron chi connectivity index (χ0n) is 44.9. The lowest BCUT2D eigenvalue weighted by Crippen LogP contribution is -2.53. The number of aliphatic hydroxyl groups is 1. The molecule has 5 saturated carbocycles. The van der Waals surface area contributed by atoms with E-state index >= 15 is 0 Å². The van der Waals surface area contributed by atoms with E-state index in [-0.39, 0.29) is 59.3 Å². The normalized spacial score (nSPS) is 36.6. The highest BCUT2D eigenvalue weighted by atomic mass is 16.7. The first-order valence-electron chi connectivity index (χ1n) is 27.8. The molecule has 1 N–H and O–H groups in total. The Morgan fingerprint density at radius 3 is 1.74 bits per heavy atom. The van der Waals surface area contributed by atoms with Gasteiger partial charge >= 0.3 is 1.43 Å². The zero-order chi connectivity index (χ0) is 51.3. The molecule has 1 saturated heterocycles. The maximum Gasteiger partial charge on any atom is 1.00 e. The van der Waals surface area contributed by atoms with Gasteiger partial charge in [0.05, 0.1) is 31.5 Å². The van der Waals surface area contributed by atoms with E-state index in [9.17, 15) is 19.5 Å². The third kappa shape index (κ3) is 7.93. The number of rotatable bonds is 8. The highest BCUT2D eigenvalue weighted by Gasteiger charge is 2.64. The summed E-state index contributed by atoms with van der Waals surface area (Å²) in [6, 6.07) is 17.7. The van der Waals surface area contributed by atoms with E-state index in [1.54, 1.807) is 31.8 Å². The summed E-state index contributed by atoms with van der Waals surface area (Å²) in [5.74, 6) is 2.90. The van der Waals surface area contributed by atoms with Crippen molar-refractivity contribution >= 4 is 17.3 Å². The van der Waals surface area contributed by atoms with E-state index in [4.69, 9.17) is 9.47 Å². The highest BCUT2D eigenvalue weighted by Crippen LogP contribution is 2.70. The number of Topliss-reactive ketones (excluding diaryl/α,β-unsaturated/α-hetero) is 2. The van der Waals surface area contributed by atoms with Crippen molar-refractivity contribution in [3.05, 3.63) is 156 Å². The van der Waals surface area contributed by atoms with Crippen LogP contribution in [0.5, 0.6) is 0 Å². The van der Waals surface area contributed by atoms with E-state index in [2.05, 4.69) is 85.5 Å². The number of imidazole rings is 2. The van der Waals surface area contributed by atoms with Crippen molar-refractivity contribution in [2.45, 2.75) is 134 Å². The lowest BCUT2D eigenvalue weighted by molar-refractivity contribution is -0.208. The molecule has 74 heavy (non-hydrogen) atoms. The minimum absolute atomic E-state index is 0. The number of ketones is 3. The molecule has 3 heterocycles. The summed E-state index contributed by atoms with van der Waals surface area (Å²) in [4.78, 5) is 46.8. The van der Waals surface area contributed by atoms with E-state index in [1.165, 1.54) is 33.4 Å². The van der Waals surface area contributed by atoms with Gasteiger partial charge in [0.2, 0.25) is 0 Å². The molecule has 0 bridgehead atoms. The minimum Gasteiger partial charge on any atom is -0.385 e. The Morgan fingerprint density at radius 2 is 1.24 bits per heavy atom. The van der Waals surface area contributed by atoms with Crippen LogP contribution in [-0.2, 0) is 23.9 Å². The first-order chi connectivity index (χ1) is 35.7. The van der Waals surface area contributed by atoms with E-state index in [1.807, 2.05) is 52.4 Å². The summed E-state index contributed by atoms with van der Waals surface area (Å²) >= 11 is 0. The van der Waals surface area contributed by atoms with Gasteiger partial charge in [-0.05, 0) is 183 Å². The average molecular weight is 996 g/mol. The van der Waals surface area contributed by atoms with Crippen molar-refractivity contribution in [1.82, 2.24) is 19.1 Å². The number of carbonyl (C=O) groups is 3. The van der Waals surface area contributed by atoms with E-state index < -0.39 is 11.4 Å². The number of aromatic nitrogens is 4. The Labute approximate surface area is 438 Å². The maximum absolute atomic E-state index is 13.1. The fourth-order valence-electron chi connectivity index (χ4n) is 18.0. The van der Waals surface area contributed by atoms with Crippen molar-refractivity contribution in [2.75, 3.05) is 13.2 Å². The number of hydrogen-bond donors (Lipinski definition) is 1. The second kappa shape index (κ2) is 18.6. The van der Waals surface area contributed by atoms with Crippen molar-refractivity contribution < 1.29 is 30.4 Å². The zero-order valence-corrected chi connectivity index (χ0v) is 43.9. The molecule has 10 heteroatoms. The second-order valence-corrected chi connectivity index (χ2v) is 24.4. The Bertz CT molecular complexity index is 2970. The topological polar surface area (TPSA) is 126 Å². The van der Waals surface area contributed by atoms with Gasteiger partial charge in [-0.2, -0.15) is 0 Å². The van der Waals surface area contributed by atoms with Crippen LogP contribution >= 0.6 is 0 Å². The highest BCUT2D eigenvalue weighted by molar-refractivity contribution is 5.93. The predicted octanol–water partition coefficient (Wildman–Crippen LogP) is 12.3. The Kier molecular flexibility index (Phi) is 12.4. The molecule has 4 aromatic rings. The first-order valence-corrected chi connectivity index (χ1v) is 27.8. The van der Waals surface area contributed by atoms with Gasteiger partial charge < -0.3 is 23.7 Å². The van der Waals surface area contributed by atoms with Gasteiger partial charge in [0, 0.05) is 79.1 Å². The van der Waals surface area contributed by atoms with Crippen LogP contribution in [-0.4, -0.2) is 66.2 Å². The molecule has 6 unspecified atom stereocenters. The summed E-state index contributed by atoms with van der Waals surface area (Å²) < 4.78 is 16.2. The molecule has 6 fully saturated rings. The predicted molar refractivity (Wildman–Crippen MR) is 286 cm³/mol. The van der Waals surface area contributed by atoms with Crippen molar-refractivity contribution in [3.8, 4) is 11.4 Å². The van der Waals surface area contributed by atoms with Gasteiger partial charge in [-0.1, -0.05) is 61.4 Å². The van der Waals surface area contributed by atoms with Crippen LogP contribution in [0.2, 0.25) is 0 Å². The molecular formula is C64H75N4O6+. The number of benzene rings is 2. The standard InChI is InChI=1S/C33H40N2O4.C31H34N2O2/c1-4-22-17-28-25-9-11-32(37)19-33(38-15-16-39-33)12-10-27(32)29(25)26(18-31(28,3)30(22)21(2)36)23-5-7-24(8-6-23)35-14-13-34-20-35;1-4-20-16-28-26-11-7-22-15-24(35)10-12-25(22)29(26)27(17-31(28,3)30(20)19(2)34)21-5-8-23(9-6-21)33-14-13-32-18-33/h4-8,13-14,20,22,25-26,28,30,37H,1,9-12,15-19H2,2-3H3;4-6,8-9,13-15,18,20,26-28,30H,1,7,10-12,16-17H2,2-3H3/p+1/t22-,25?,26-,28?,30?,31+,32-;20-,26?,27-,28?,30?,31+/m11/s1. The maximum atomic E-state index is 13.1. The molecule has 8 aliphatic carbocycles. The monoisotopic (exact) mass is 996 g/mol. The molecule has 0 amide bonds. The molecular weight excluding hydrogens is 921 g/mol. The number of ether oxygens (including phenoxy) is 2. The lowest BCUT2D eigenvalue weighted by Gasteiger charge is -2.56. The largest absolute Gasteiger partial charge is 1.00 e. The molecule has 13 atom stereocenters. The average Bonchev–Trinajstić information content (AvgIpc) is 4.27. The number of nitrogens with zero attached hydrogens (tertiary/aromatic N) is 4. The van der Waals surface area contributed by atoms with Crippen LogP contribution in [0, 0.1) is 58.2 Å². The minimum atomic E-state index is -0.895. The van der Waals surface area contributed by atoms with Crippen LogP contribution in [0.1, 0.15) is 136 Å². The third-order valence-corrected chi connectivity index (χ3v) is 20.8. The second-order valence-electron chi connectivity index (χ2n) is 24.4. The summed E-state index contributed by atoms with van der Waals surface area (Å²) in [6.07, 6.45) is 28.4. The van der Waals surface area contributed by atoms with Gasteiger partial charge in [-0.25, -0.2) is 9.97 Å². The molecule has 10 nitrogen and oxygen atoms in total. The van der Waals surface area contributed by atoms with Crippen LogP contribution in [0.3, 0.4) is 0 Å². The van der Waals surface area contributed by atoms with Crippen molar-refractivity contribution in [2.24, 2.45) is 58.2 Å². The summed E-state index contributed by atoms with van der Waals surface area (Å²) in [7, 11) is 0. The molecule has 1 spiro atoms. The number of fused-ring (bicyclic) bond motifs is 8. The van der Waals surface area contributed by atoms with E-state index in [0.717, 1.165) is 82.0 Å². The quantitative estimate of drug-likeness (QED) is 0.173. The molecule has 9 aliphatic rings. The molecule has 1 aliphatic heterocycles. The molecule has 0 radical (unpaired) electrons. The summed E-state index contributed by atoms with van der Waals surface area (Å²) in [5, 5.41) is 12.2.